The number of rotatable bonds is 4. The lowest BCUT2D eigenvalue weighted by atomic mass is 9.86. The number of hydrogen-bond acceptors (Lipinski definition) is 8. The first-order valence-corrected chi connectivity index (χ1v) is 8.83. The lowest BCUT2D eigenvalue weighted by molar-refractivity contribution is 0.0600. The van der Waals surface area contributed by atoms with Crippen molar-refractivity contribution in [2.24, 2.45) is 0 Å². The largest absolute Gasteiger partial charge is 0.494 e. The van der Waals surface area contributed by atoms with Gasteiger partial charge in [0.25, 0.3) is 11.1 Å². The fraction of sp³-hybridized carbons (Fsp3) is 0.118. The van der Waals surface area contributed by atoms with Crippen molar-refractivity contribution in [1.29, 1.82) is 0 Å². The Morgan fingerprint density at radius 3 is 1.72 bits per heavy atom. The summed E-state index contributed by atoms with van der Waals surface area (Å²) < 4.78 is 4.40. The molecule has 3 aromatic rings. The minimum Gasteiger partial charge on any atom is -0.494 e. The molecular formula is C17H14N4O6S2. The lowest BCUT2D eigenvalue weighted by Crippen LogP contribution is -2.25. The van der Waals surface area contributed by atoms with Crippen LogP contribution in [0.25, 0.3) is 0 Å². The number of H-pyrrole nitrogens is 4. The molecule has 0 amide bonds. The minimum atomic E-state index is -1.23. The molecule has 0 aliphatic heterocycles. The Hall–Kier alpha value is -3.51. The quantitative estimate of drug-likeness (QED) is 0.266. The molecule has 0 bridgehead atoms. The van der Waals surface area contributed by atoms with Crippen LogP contribution in [0.3, 0.4) is 0 Å². The normalized spacial score (nSPS) is 10.8. The predicted molar refractivity (Wildman–Crippen MR) is 107 cm³/mol. The van der Waals surface area contributed by atoms with E-state index in [1.54, 1.807) is 0 Å². The lowest BCUT2D eigenvalue weighted by Gasteiger charge is -2.18. The van der Waals surface area contributed by atoms with Crippen molar-refractivity contribution >= 4 is 30.4 Å². The summed E-state index contributed by atoms with van der Waals surface area (Å²) in [5, 5.41) is 20.7. The summed E-state index contributed by atoms with van der Waals surface area (Å²) in [5.74, 6) is -2.97. The van der Waals surface area contributed by atoms with Gasteiger partial charge in [-0.25, -0.2) is 4.79 Å². The summed E-state index contributed by atoms with van der Waals surface area (Å²) in [7, 11) is 1.23. The molecule has 0 atom stereocenters. The summed E-state index contributed by atoms with van der Waals surface area (Å²) in [6.45, 7) is 0. The number of aromatic nitrogens is 4. The van der Waals surface area contributed by atoms with Crippen LogP contribution in [0.1, 0.15) is 33.0 Å². The monoisotopic (exact) mass is 434 g/mol. The van der Waals surface area contributed by atoms with Gasteiger partial charge in [-0.2, -0.15) is 0 Å². The van der Waals surface area contributed by atoms with Crippen LogP contribution in [0.15, 0.2) is 33.9 Å². The van der Waals surface area contributed by atoms with Gasteiger partial charge < -0.3 is 24.9 Å². The molecular weight excluding hydrogens is 420 g/mol. The van der Waals surface area contributed by atoms with Crippen molar-refractivity contribution in [3.63, 3.8) is 0 Å². The summed E-state index contributed by atoms with van der Waals surface area (Å²) >= 11 is 9.67. The zero-order valence-electron chi connectivity index (χ0n) is 14.7. The van der Waals surface area contributed by atoms with Gasteiger partial charge in [0.05, 0.1) is 29.7 Å². The van der Waals surface area contributed by atoms with E-state index in [4.69, 9.17) is 24.4 Å². The van der Waals surface area contributed by atoms with E-state index in [2.05, 4.69) is 24.7 Å². The fourth-order valence-corrected chi connectivity index (χ4v) is 3.29. The topological polar surface area (TPSA) is 164 Å². The van der Waals surface area contributed by atoms with Crippen molar-refractivity contribution in [3.8, 4) is 11.8 Å². The summed E-state index contributed by atoms with van der Waals surface area (Å²) in [6, 6.07) is 5.75. The number of carbonyl (C=O) groups is 1. The third-order valence-corrected chi connectivity index (χ3v) is 4.57. The Labute approximate surface area is 171 Å². The van der Waals surface area contributed by atoms with Gasteiger partial charge in [-0.05, 0) is 42.1 Å². The molecule has 6 N–H and O–H groups in total. The molecule has 0 spiro atoms. The number of esters is 1. The van der Waals surface area contributed by atoms with Crippen molar-refractivity contribution in [2.75, 3.05) is 7.11 Å². The highest BCUT2D eigenvalue weighted by Crippen LogP contribution is 2.35. The standard InChI is InChI=1S/C17H14N4O6S2/c1-27-15(26)7-4-2-6(3-5-7)8(9-11(22)18-16(28)19-12(9)23)10-13(24)20-17(29)21-14(10)25/h2-5,8H,1H3,(H3,18,19,22,23,28)(H3,20,21,24,25,29). The van der Waals surface area contributed by atoms with Gasteiger partial charge in [-0.1, -0.05) is 12.1 Å². The van der Waals surface area contributed by atoms with Gasteiger partial charge in [0.2, 0.25) is 0 Å². The summed E-state index contributed by atoms with van der Waals surface area (Å²) in [5.41, 5.74) is -1.53. The van der Waals surface area contributed by atoms with Crippen LogP contribution in [0.4, 0.5) is 0 Å². The second kappa shape index (κ2) is 7.85. The molecule has 150 valence electrons. The first-order valence-electron chi connectivity index (χ1n) is 8.02. The Morgan fingerprint density at radius 2 is 1.34 bits per heavy atom. The summed E-state index contributed by atoms with van der Waals surface area (Å²) in [4.78, 5) is 46.3. The van der Waals surface area contributed by atoms with Crippen molar-refractivity contribution in [3.05, 3.63) is 76.8 Å². The molecule has 2 aromatic heterocycles. The van der Waals surface area contributed by atoms with Gasteiger partial charge >= 0.3 is 5.97 Å². The molecule has 0 saturated heterocycles. The molecule has 2 heterocycles. The van der Waals surface area contributed by atoms with Crippen molar-refractivity contribution in [2.45, 2.75) is 5.92 Å². The molecule has 29 heavy (non-hydrogen) atoms. The zero-order valence-corrected chi connectivity index (χ0v) is 16.4. The Bertz CT molecular complexity index is 1250. The zero-order chi connectivity index (χ0) is 21.3. The average Bonchev–Trinajstić information content (AvgIpc) is 2.64. The van der Waals surface area contributed by atoms with Gasteiger partial charge in [0.1, 0.15) is 0 Å². The smallest absolute Gasteiger partial charge is 0.337 e. The van der Waals surface area contributed by atoms with Crippen molar-refractivity contribution in [1.82, 2.24) is 19.9 Å². The van der Waals surface area contributed by atoms with E-state index in [1.807, 2.05) is 0 Å². The Kier molecular flexibility index (Phi) is 5.48. The maximum atomic E-state index is 12.6. The molecule has 12 heteroatoms. The number of methoxy groups -OCH3 is 1. The van der Waals surface area contributed by atoms with E-state index in [-0.39, 0.29) is 26.2 Å². The average molecular weight is 434 g/mol. The minimum absolute atomic E-state index is 0.123. The van der Waals surface area contributed by atoms with Crippen LogP contribution in [0.5, 0.6) is 11.8 Å². The molecule has 0 fully saturated rings. The first kappa shape index (κ1) is 20.2. The number of ether oxygens (including phenoxy) is 1. The molecule has 0 saturated carbocycles. The van der Waals surface area contributed by atoms with Gasteiger partial charge in [0, 0.05) is 0 Å². The molecule has 0 radical (unpaired) electrons. The van der Waals surface area contributed by atoms with Crippen molar-refractivity contribution < 1.29 is 19.7 Å². The van der Waals surface area contributed by atoms with Gasteiger partial charge in [0.15, 0.2) is 21.3 Å². The first-order chi connectivity index (χ1) is 13.7. The maximum Gasteiger partial charge on any atom is 0.337 e. The van der Waals surface area contributed by atoms with Crippen LogP contribution >= 0.6 is 24.4 Å². The molecule has 0 aliphatic carbocycles. The third-order valence-electron chi connectivity index (χ3n) is 4.16. The maximum absolute atomic E-state index is 12.6. The van der Waals surface area contributed by atoms with E-state index in [0.717, 1.165) is 0 Å². The predicted octanol–water partition coefficient (Wildman–Crippen LogP) is 1.56. The Morgan fingerprint density at radius 1 is 0.897 bits per heavy atom. The van der Waals surface area contributed by atoms with Crippen LogP contribution < -0.4 is 11.1 Å². The molecule has 10 nitrogen and oxygen atoms in total. The number of hydrogen-bond donors (Lipinski definition) is 6. The van der Waals surface area contributed by atoms with E-state index in [1.165, 1.54) is 31.4 Å². The highest BCUT2D eigenvalue weighted by molar-refractivity contribution is 7.71. The molecule has 1 aromatic carbocycles. The molecule has 3 rings (SSSR count). The fourth-order valence-electron chi connectivity index (χ4n) is 2.91. The summed E-state index contributed by atoms with van der Waals surface area (Å²) in [6.07, 6.45) is 0. The second-order valence-corrected chi connectivity index (χ2v) is 6.70. The van der Waals surface area contributed by atoms with E-state index < -0.39 is 34.8 Å². The van der Waals surface area contributed by atoms with Gasteiger partial charge in [-0.3, -0.25) is 19.6 Å². The third kappa shape index (κ3) is 3.88. The van der Waals surface area contributed by atoms with E-state index >= 15 is 0 Å². The van der Waals surface area contributed by atoms with Crippen LogP contribution in [0, 0.1) is 9.54 Å². The number of aromatic hydroxyl groups is 2. The van der Waals surface area contributed by atoms with Gasteiger partial charge in [-0.15, -0.1) is 0 Å². The highest BCUT2D eigenvalue weighted by atomic mass is 32.1. The number of nitrogens with one attached hydrogen (secondary N) is 4. The SMILES string of the molecule is COC(=O)c1ccc(C(c2c(O)[nH]c(=S)[nH]c2=O)c2c(O)[nH]c(=S)[nH]c2=O)cc1. The molecule has 0 unspecified atom stereocenters. The van der Waals surface area contributed by atoms with Crippen LogP contribution in [-0.4, -0.2) is 43.2 Å². The van der Waals surface area contributed by atoms with Crippen LogP contribution in [-0.2, 0) is 4.74 Å². The highest BCUT2D eigenvalue weighted by Gasteiger charge is 2.29. The number of aromatic amines is 4. The number of benzene rings is 1. The molecule has 0 aliphatic rings. The Balaban J connectivity index is 2.34. The van der Waals surface area contributed by atoms with E-state index in [0.29, 0.717) is 5.56 Å². The van der Waals surface area contributed by atoms with E-state index in [9.17, 15) is 24.6 Å². The number of carbonyl (C=O) groups excluding carboxylic acids is 1. The van der Waals surface area contributed by atoms with Crippen LogP contribution in [0.2, 0.25) is 0 Å². The second-order valence-electron chi connectivity index (χ2n) is 5.89.